The Hall–Kier alpha value is -1.50. The summed E-state index contributed by atoms with van der Waals surface area (Å²) in [6, 6.07) is -0.302. The van der Waals surface area contributed by atoms with Crippen molar-refractivity contribution in [1.82, 2.24) is 15.3 Å². The van der Waals surface area contributed by atoms with Gasteiger partial charge in [-0.3, -0.25) is 9.53 Å². The molecule has 0 aromatic carbocycles. The van der Waals surface area contributed by atoms with Crippen LogP contribution in [-0.2, 0) is 17.3 Å². The van der Waals surface area contributed by atoms with E-state index in [9.17, 15) is 9.00 Å². The van der Waals surface area contributed by atoms with Crippen molar-refractivity contribution in [3.8, 4) is 0 Å². The number of aromatic nitrogens is 2. The van der Waals surface area contributed by atoms with E-state index in [1.165, 1.54) is 6.26 Å². The fourth-order valence-electron chi connectivity index (χ4n) is 1.09. The molecule has 1 unspecified atom stereocenters. The Morgan fingerprint density at radius 2 is 2.36 bits per heavy atom. The molecule has 1 aliphatic heterocycles. The highest BCUT2D eigenvalue weighted by atomic mass is 32.2. The quantitative estimate of drug-likeness (QED) is 0.634. The summed E-state index contributed by atoms with van der Waals surface area (Å²) in [4.78, 5) is 18.8. The van der Waals surface area contributed by atoms with Crippen molar-refractivity contribution in [2.45, 2.75) is 11.7 Å². The van der Waals surface area contributed by atoms with Crippen molar-refractivity contribution in [2.75, 3.05) is 11.6 Å². The summed E-state index contributed by atoms with van der Waals surface area (Å²) in [5.41, 5.74) is 0.791. The first kappa shape index (κ1) is 9.07. The van der Waals surface area contributed by atoms with Gasteiger partial charge in [0.2, 0.25) is 5.16 Å². The van der Waals surface area contributed by atoms with Crippen LogP contribution in [0.2, 0.25) is 0 Å². The van der Waals surface area contributed by atoms with E-state index >= 15 is 0 Å². The standard InChI is InChI=1S/C7H8N4O2S/c1-14(13)7-9-3-4-2-8-6(12)10-5(4)11-7/h3H,2H2,1H3,(H2,8,9,10,11,12). The number of nitrogens with one attached hydrogen (secondary N) is 2. The molecule has 2 rings (SSSR count). The Labute approximate surface area is 82.6 Å². The summed E-state index contributed by atoms with van der Waals surface area (Å²) >= 11 is 0. The van der Waals surface area contributed by atoms with Gasteiger partial charge in [0.15, 0.2) is 0 Å². The summed E-state index contributed by atoms with van der Waals surface area (Å²) in [5.74, 6) is 0.439. The lowest BCUT2D eigenvalue weighted by Gasteiger charge is -2.16. The monoisotopic (exact) mass is 212 g/mol. The van der Waals surface area contributed by atoms with Crippen molar-refractivity contribution < 1.29 is 9.00 Å². The number of hydrogen-bond acceptors (Lipinski definition) is 4. The van der Waals surface area contributed by atoms with Gasteiger partial charge in [-0.05, 0) is 0 Å². The Bertz CT molecular complexity index is 420. The van der Waals surface area contributed by atoms with Gasteiger partial charge in [-0.15, -0.1) is 0 Å². The lowest BCUT2D eigenvalue weighted by molar-refractivity contribution is 0.250. The Morgan fingerprint density at radius 1 is 1.57 bits per heavy atom. The minimum Gasteiger partial charge on any atom is -0.334 e. The van der Waals surface area contributed by atoms with Crippen molar-refractivity contribution in [3.63, 3.8) is 0 Å². The highest BCUT2D eigenvalue weighted by Crippen LogP contribution is 2.15. The molecule has 0 aliphatic carbocycles. The number of carbonyl (C=O) groups excluding carboxylic acids is 1. The second-order valence-electron chi connectivity index (χ2n) is 2.79. The van der Waals surface area contributed by atoms with E-state index in [1.807, 2.05) is 0 Å². The van der Waals surface area contributed by atoms with Crippen LogP contribution in [-0.4, -0.2) is 26.5 Å². The van der Waals surface area contributed by atoms with Gasteiger partial charge in [0, 0.05) is 24.6 Å². The number of anilines is 1. The van der Waals surface area contributed by atoms with Crippen LogP contribution in [0.25, 0.3) is 0 Å². The van der Waals surface area contributed by atoms with Gasteiger partial charge in [-0.1, -0.05) is 0 Å². The van der Waals surface area contributed by atoms with Crippen LogP contribution in [0.5, 0.6) is 0 Å². The summed E-state index contributed by atoms with van der Waals surface area (Å²) in [5, 5.41) is 5.33. The molecule has 14 heavy (non-hydrogen) atoms. The first-order valence-electron chi connectivity index (χ1n) is 3.91. The van der Waals surface area contributed by atoms with Gasteiger partial charge in [-0.2, -0.15) is 0 Å². The molecule has 2 amide bonds. The van der Waals surface area contributed by atoms with E-state index < -0.39 is 10.8 Å². The van der Waals surface area contributed by atoms with Gasteiger partial charge >= 0.3 is 6.03 Å². The van der Waals surface area contributed by atoms with Gasteiger partial charge in [0.05, 0.1) is 10.8 Å². The third-order valence-electron chi connectivity index (χ3n) is 1.77. The number of urea groups is 1. The van der Waals surface area contributed by atoms with Crippen LogP contribution in [0.1, 0.15) is 5.56 Å². The third kappa shape index (κ3) is 1.58. The largest absolute Gasteiger partial charge is 0.334 e. The molecular formula is C7H8N4O2S. The van der Waals surface area contributed by atoms with Crippen molar-refractivity contribution in [2.24, 2.45) is 0 Å². The maximum absolute atomic E-state index is 11.1. The van der Waals surface area contributed by atoms with Crippen LogP contribution in [0.4, 0.5) is 10.6 Å². The minimum atomic E-state index is -1.23. The molecule has 2 heterocycles. The normalized spacial score (nSPS) is 16.5. The summed E-state index contributed by atoms with van der Waals surface area (Å²) < 4.78 is 11.1. The average Bonchev–Trinajstić information content (AvgIpc) is 2.16. The minimum absolute atomic E-state index is 0.228. The predicted octanol–water partition coefficient (Wildman–Crippen LogP) is -0.151. The molecular weight excluding hydrogens is 204 g/mol. The Morgan fingerprint density at radius 3 is 3.07 bits per heavy atom. The molecule has 0 radical (unpaired) electrons. The topological polar surface area (TPSA) is 84.0 Å². The highest BCUT2D eigenvalue weighted by Gasteiger charge is 2.16. The lowest BCUT2D eigenvalue weighted by atomic mass is 10.3. The van der Waals surface area contributed by atoms with E-state index in [2.05, 4.69) is 20.6 Å². The molecule has 1 aromatic heterocycles. The van der Waals surface area contributed by atoms with E-state index in [4.69, 9.17) is 0 Å². The SMILES string of the molecule is CS(=O)c1ncc2c(n1)NC(=O)NC2. The Kier molecular flexibility index (Phi) is 2.16. The van der Waals surface area contributed by atoms with Crippen LogP contribution in [0.3, 0.4) is 0 Å². The fourth-order valence-corrected chi connectivity index (χ4v) is 1.51. The maximum Gasteiger partial charge on any atom is 0.320 e. The Balaban J connectivity index is 2.42. The van der Waals surface area contributed by atoms with Gasteiger partial charge in [-0.25, -0.2) is 14.8 Å². The molecule has 0 spiro atoms. The number of hydrogen-bond donors (Lipinski definition) is 2. The second kappa shape index (κ2) is 3.33. The molecule has 0 bridgehead atoms. The number of carbonyl (C=O) groups is 1. The molecule has 2 N–H and O–H groups in total. The predicted molar refractivity (Wildman–Crippen MR) is 50.2 cm³/mol. The lowest BCUT2D eigenvalue weighted by Crippen LogP contribution is -2.34. The molecule has 6 nitrogen and oxygen atoms in total. The van der Waals surface area contributed by atoms with Crippen LogP contribution < -0.4 is 10.6 Å². The zero-order valence-corrected chi connectivity index (χ0v) is 8.22. The van der Waals surface area contributed by atoms with Gasteiger partial charge in [0.25, 0.3) is 0 Å². The second-order valence-corrected chi connectivity index (χ2v) is 4.06. The van der Waals surface area contributed by atoms with Crippen molar-refractivity contribution >= 4 is 22.6 Å². The van der Waals surface area contributed by atoms with Crippen LogP contribution in [0, 0.1) is 0 Å². The third-order valence-corrected chi connectivity index (χ3v) is 2.48. The first-order chi connectivity index (χ1) is 6.66. The molecule has 1 atom stereocenters. The van der Waals surface area contributed by atoms with Crippen LogP contribution >= 0.6 is 0 Å². The maximum atomic E-state index is 11.1. The highest BCUT2D eigenvalue weighted by molar-refractivity contribution is 7.84. The van der Waals surface area contributed by atoms with E-state index in [0.29, 0.717) is 12.4 Å². The number of nitrogens with zero attached hydrogens (tertiary/aromatic N) is 2. The van der Waals surface area contributed by atoms with E-state index in [-0.39, 0.29) is 11.2 Å². The molecule has 74 valence electrons. The number of rotatable bonds is 1. The van der Waals surface area contributed by atoms with E-state index in [1.54, 1.807) is 6.20 Å². The number of fused-ring (bicyclic) bond motifs is 1. The van der Waals surface area contributed by atoms with Gasteiger partial charge < -0.3 is 5.32 Å². The van der Waals surface area contributed by atoms with Crippen molar-refractivity contribution in [1.29, 1.82) is 0 Å². The smallest absolute Gasteiger partial charge is 0.320 e. The van der Waals surface area contributed by atoms with Gasteiger partial charge in [0.1, 0.15) is 5.82 Å². The zero-order chi connectivity index (χ0) is 10.1. The molecule has 0 saturated heterocycles. The molecule has 0 fully saturated rings. The van der Waals surface area contributed by atoms with Crippen molar-refractivity contribution in [3.05, 3.63) is 11.8 Å². The molecule has 0 saturated carbocycles. The van der Waals surface area contributed by atoms with Crippen LogP contribution in [0.15, 0.2) is 11.4 Å². The molecule has 7 heteroatoms. The number of amides is 2. The van der Waals surface area contributed by atoms with E-state index in [0.717, 1.165) is 5.56 Å². The first-order valence-corrected chi connectivity index (χ1v) is 5.47. The molecule has 1 aromatic rings. The molecule has 1 aliphatic rings. The average molecular weight is 212 g/mol. The summed E-state index contributed by atoms with van der Waals surface area (Å²) in [6.07, 6.45) is 3.05. The summed E-state index contributed by atoms with van der Waals surface area (Å²) in [6.45, 7) is 0.401. The zero-order valence-electron chi connectivity index (χ0n) is 7.40. The fraction of sp³-hybridized carbons (Fsp3) is 0.286. The summed E-state index contributed by atoms with van der Waals surface area (Å²) in [7, 11) is -1.23.